The molecule has 0 fully saturated rings. The first-order chi connectivity index (χ1) is 7.86. The van der Waals surface area contributed by atoms with Crippen LogP contribution >= 0.6 is 0 Å². The summed E-state index contributed by atoms with van der Waals surface area (Å²) in [7, 11) is 0. The summed E-state index contributed by atoms with van der Waals surface area (Å²) >= 11 is 0. The summed E-state index contributed by atoms with van der Waals surface area (Å²) in [6.45, 7) is 5.92. The van der Waals surface area contributed by atoms with E-state index in [0.717, 1.165) is 0 Å². The standard InChI is InChI=1S/C16H22/c1-3-5-7-8-10-16-13-11-15(12-14-16)9-6-4-2/h4,6,9,11-14H,2-3,5,7-8,10H2,1H3/b9-6-. The normalized spacial score (nSPS) is 10.8. The van der Waals surface area contributed by atoms with Gasteiger partial charge in [0.1, 0.15) is 0 Å². The summed E-state index contributed by atoms with van der Waals surface area (Å²) in [5.74, 6) is 0. The highest BCUT2D eigenvalue weighted by Gasteiger charge is 1.93. The van der Waals surface area contributed by atoms with Crippen LogP contribution in [0.3, 0.4) is 0 Å². The molecule has 0 heteroatoms. The largest absolute Gasteiger partial charge is 0.0991 e. The molecule has 0 saturated heterocycles. The van der Waals surface area contributed by atoms with Crippen molar-refractivity contribution in [1.29, 1.82) is 0 Å². The molecule has 16 heavy (non-hydrogen) atoms. The Kier molecular flexibility index (Phi) is 6.32. The second-order valence-corrected chi connectivity index (χ2v) is 4.15. The van der Waals surface area contributed by atoms with Gasteiger partial charge in [0.25, 0.3) is 0 Å². The highest BCUT2D eigenvalue weighted by atomic mass is 14.0. The molecule has 0 aliphatic rings. The minimum Gasteiger partial charge on any atom is -0.0991 e. The molecule has 0 unspecified atom stereocenters. The van der Waals surface area contributed by atoms with E-state index < -0.39 is 0 Å². The third-order valence-corrected chi connectivity index (χ3v) is 2.72. The Hall–Kier alpha value is -1.30. The van der Waals surface area contributed by atoms with Gasteiger partial charge in [-0.25, -0.2) is 0 Å². The number of rotatable bonds is 7. The highest BCUT2D eigenvalue weighted by Crippen LogP contribution is 2.10. The Balaban J connectivity index is 2.39. The Morgan fingerprint density at radius 3 is 2.44 bits per heavy atom. The molecular formula is C16H22. The van der Waals surface area contributed by atoms with Gasteiger partial charge in [-0.2, -0.15) is 0 Å². The Morgan fingerprint density at radius 1 is 1.06 bits per heavy atom. The maximum atomic E-state index is 3.66. The van der Waals surface area contributed by atoms with Crippen molar-refractivity contribution >= 4 is 6.08 Å². The maximum Gasteiger partial charge on any atom is -0.0256 e. The van der Waals surface area contributed by atoms with Crippen LogP contribution in [0.1, 0.15) is 43.7 Å². The van der Waals surface area contributed by atoms with Crippen LogP contribution in [0.25, 0.3) is 6.08 Å². The summed E-state index contributed by atoms with van der Waals surface area (Å²) in [4.78, 5) is 0. The van der Waals surface area contributed by atoms with Gasteiger partial charge in [-0.05, 0) is 24.0 Å². The van der Waals surface area contributed by atoms with E-state index in [0.29, 0.717) is 0 Å². The third-order valence-electron chi connectivity index (χ3n) is 2.72. The number of unbranched alkanes of at least 4 members (excludes halogenated alkanes) is 3. The monoisotopic (exact) mass is 214 g/mol. The summed E-state index contributed by atoms with van der Waals surface area (Å²) in [5.41, 5.74) is 2.70. The van der Waals surface area contributed by atoms with Crippen LogP contribution in [0.4, 0.5) is 0 Å². The zero-order valence-electron chi connectivity index (χ0n) is 10.3. The summed E-state index contributed by atoms with van der Waals surface area (Å²) < 4.78 is 0. The van der Waals surface area contributed by atoms with Gasteiger partial charge in [0.2, 0.25) is 0 Å². The van der Waals surface area contributed by atoms with Gasteiger partial charge in [0.15, 0.2) is 0 Å². The lowest BCUT2D eigenvalue weighted by atomic mass is 10.0. The molecule has 1 aromatic carbocycles. The van der Waals surface area contributed by atoms with Crippen LogP contribution in [0.2, 0.25) is 0 Å². The summed E-state index contributed by atoms with van der Waals surface area (Å²) in [6, 6.07) is 8.81. The van der Waals surface area contributed by atoms with E-state index in [9.17, 15) is 0 Å². The Morgan fingerprint density at radius 2 is 1.81 bits per heavy atom. The molecule has 0 nitrogen and oxygen atoms in total. The number of hydrogen-bond donors (Lipinski definition) is 0. The SMILES string of the molecule is C=C/C=C\c1ccc(CCCCCC)cc1. The van der Waals surface area contributed by atoms with Crippen molar-refractivity contribution < 1.29 is 0 Å². The smallest absolute Gasteiger partial charge is 0.0256 e. The zero-order chi connectivity index (χ0) is 11.6. The molecule has 86 valence electrons. The van der Waals surface area contributed by atoms with Crippen LogP contribution in [0.15, 0.2) is 43.0 Å². The number of aryl methyl sites for hydroxylation is 1. The van der Waals surface area contributed by atoms with Crippen LogP contribution in [-0.2, 0) is 6.42 Å². The fourth-order valence-corrected chi connectivity index (χ4v) is 1.73. The van der Waals surface area contributed by atoms with Crippen molar-refractivity contribution in [2.75, 3.05) is 0 Å². The Bertz CT molecular complexity index is 316. The van der Waals surface area contributed by atoms with Crippen LogP contribution < -0.4 is 0 Å². The van der Waals surface area contributed by atoms with E-state index in [1.54, 1.807) is 6.08 Å². The van der Waals surface area contributed by atoms with E-state index in [2.05, 4.69) is 43.8 Å². The van der Waals surface area contributed by atoms with Crippen LogP contribution in [-0.4, -0.2) is 0 Å². The van der Waals surface area contributed by atoms with Crippen molar-refractivity contribution in [3.05, 3.63) is 54.1 Å². The first-order valence-corrected chi connectivity index (χ1v) is 6.25. The number of benzene rings is 1. The maximum absolute atomic E-state index is 3.66. The minimum absolute atomic E-state index is 1.21. The highest BCUT2D eigenvalue weighted by molar-refractivity contribution is 5.51. The van der Waals surface area contributed by atoms with Gasteiger partial charge in [-0.15, -0.1) is 0 Å². The first-order valence-electron chi connectivity index (χ1n) is 6.25. The lowest BCUT2D eigenvalue weighted by Gasteiger charge is -2.01. The zero-order valence-corrected chi connectivity index (χ0v) is 10.3. The van der Waals surface area contributed by atoms with Gasteiger partial charge in [0, 0.05) is 0 Å². The van der Waals surface area contributed by atoms with Crippen molar-refractivity contribution in [2.45, 2.75) is 39.0 Å². The van der Waals surface area contributed by atoms with Gasteiger partial charge < -0.3 is 0 Å². The fraction of sp³-hybridized carbons (Fsp3) is 0.375. The predicted octanol–water partition coefficient (Wildman–Crippen LogP) is 5.01. The summed E-state index contributed by atoms with van der Waals surface area (Å²) in [5, 5.41) is 0. The van der Waals surface area contributed by atoms with Gasteiger partial charge in [-0.1, -0.05) is 75.3 Å². The second-order valence-electron chi connectivity index (χ2n) is 4.15. The molecule has 0 aromatic heterocycles. The average Bonchev–Trinajstić information content (AvgIpc) is 2.33. The first kappa shape index (κ1) is 12.8. The van der Waals surface area contributed by atoms with E-state index in [1.807, 2.05) is 6.08 Å². The molecule has 1 aromatic rings. The van der Waals surface area contributed by atoms with Crippen molar-refractivity contribution in [3.8, 4) is 0 Å². The predicted molar refractivity (Wildman–Crippen MR) is 73.5 cm³/mol. The third kappa shape index (κ3) is 4.97. The second kappa shape index (κ2) is 7.92. The number of hydrogen-bond acceptors (Lipinski definition) is 0. The van der Waals surface area contributed by atoms with E-state index in [1.165, 1.54) is 43.2 Å². The number of allylic oxidation sites excluding steroid dienone is 2. The van der Waals surface area contributed by atoms with E-state index >= 15 is 0 Å². The molecule has 0 spiro atoms. The van der Waals surface area contributed by atoms with Gasteiger partial charge in [0.05, 0.1) is 0 Å². The Labute approximate surface area is 99.7 Å². The lowest BCUT2D eigenvalue weighted by Crippen LogP contribution is -1.85. The molecular weight excluding hydrogens is 192 g/mol. The molecule has 0 bridgehead atoms. The summed E-state index contributed by atoms with van der Waals surface area (Å²) in [6.07, 6.45) is 12.4. The average molecular weight is 214 g/mol. The molecule has 0 atom stereocenters. The fourth-order valence-electron chi connectivity index (χ4n) is 1.73. The van der Waals surface area contributed by atoms with E-state index in [4.69, 9.17) is 0 Å². The minimum atomic E-state index is 1.21. The van der Waals surface area contributed by atoms with Gasteiger partial charge in [-0.3, -0.25) is 0 Å². The quantitative estimate of drug-likeness (QED) is 0.442. The van der Waals surface area contributed by atoms with Crippen LogP contribution in [0.5, 0.6) is 0 Å². The molecule has 0 aliphatic carbocycles. The van der Waals surface area contributed by atoms with Crippen LogP contribution in [0, 0.1) is 0 Å². The molecule has 0 N–H and O–H groups in total. The molecule has 0 saturated carbocycles. The molecule has 0 amide bonds. The van der Waals surface area contributed by atoms with Crippen molar-refractivity contribution in [3.63, 3.8) is 0 Å². The molecule has 0 aliphatic heterocycles. The molecule has 0 heterocycles. The van der Waals surface area contributed by atoms with Crippen molar-refractivity contribution in [2.24, 2.45) is 0 Å². The van der Waals surface area contributed by atoms with Gasteiger partial charge >= 0.3 is 0 Å². The van der Waals surface area contributed by atoms with Crippen molar-refractivity contribution in [1.82, 2.24) is 0 Å². The molecule has 0 radical (unpaired) electrons. The molecule has 1 rings (SSSR count). The lowest BCUT2D eigenvalue weighted by molar-refractivity contribution is 0.667. The van der Waals surface area contributed by atoms with E-state index in [-0.39, 0.29) is 0 Å². The topological polar surface area (TPSA) is 0 Å².